The maximum absolute atomic E-state index is 10.8. The Morgan fingerprint density at radius 2 is 2.12 bits per heavy atom. The van der Waals surface area contributed by atoms with Gasteiger partial charge in [-0.1, -0.05) is 0 Å². The van der Waals surface area contributed by atoms with Crippen LogP contribution in [-0.4, -0.2) is 41.4 Å². The fourth-order valence-corrected chi connectivity index (χ4v) is 1.54. The number of aldehydes is 1. The Balaban J connectivity index is 3.04. The van der Waals surface area contributed by atoms with Gasteiger partial charge in [0.2, 0.25) is 0 Å². The van der Waals surface area contributed by atoms with E-state index < -0.39 is 12.2 Å². The van der Waals surface area contributed by atoms with E-state index in [-0.39, 0.29) is 18.6 Å². The Morgan fingerprint density at radius 1 is 1.41 bits per heavy atom. The lowest BCUT2D eigenvalue weighted by Gasteiger charge is -2.19. The molecular weight excluding hydrogens is 224 g/mol. The zero-order valence-corrected chi connectivity index (χ0v) is 9.54. The molecular formula is C12H16O5. The van der Waals surface area contributed by atoms with Gasteiger partial charge in [-0.3, -0.25) is 4.79 Å². The Bertz CT molecular complexity index is 377. The van der Waals surface area contributed by atoms with Crippen LogP contribution in [0.5, 0.6) is 5.75 Å². The number of rotatable bonds is 6. The number of hydrogen-bond acceptors (Lipinski definition) is 5. The van der Waals surface area contributed by atoms with E-state index in [1.807, 2.05) is 0 Å². The summed E-state index contributed by atoms with van der Waals surface area (Å²) < 4.78 is 4.99. The number of aliphatic hydroxyl groups is 3. The fraction of sp³-hybridized carbons (Fsp3) is 0.417. The number of carbonyl (C=O) groups is 1. The van der Waals surface area contributed by atoms with E-state index in [1.165, 1.54) is 19.2 Å². The molecule has 0 bridgehead atoms. The van der Waals surface area contributed by atoms with Gasteiger partial charge >= 0.3 is 0 Å². The molecule has 0 aliphatic carbocycles. The van der Waals surface area contributed by atoms with E-state index in [9.17, 15) is 15.0 Å². The molecule has 2 atom stereocenters. The Hall–Kier alpha value is -1.43. The van der Waals surface area contributed by atoms with Crippen LogP contribution in [0, 0.1) is 0 Å². The Kier molecular flexibility index (Phi) is 5.09. The summed E-state index contributed by atoms with van der Waals surface area (Å²) in [6, 6.07) is 4.60. The number of carbonyl (C=O) groups excluding carboxylic acids is 1. The molecule has 0 spiro atoms. The summed E-state index contributed by atoms with van der Waals surface area (Å²) in [5.41, 5.74) is 0.579. The van der Waals surface area contributed by atoms with Crippen LogP contribution in [-0.2, 0) is 0 Å². The van der Waals surface area contributed by atoms with Crippen LogP contribution in [0.1, 0.15) is 28.4 Å². The van der Waals surface area contributed by atoms with E-state index in [1.54, 1.807) is 6.07 Å². The predicted octanol–water partition coefficient (Wildman–Crippen LogP) is 0.284. The van der Waals surface area contributed by atoms with Gasteiger partial charge in [-0.25, -0.2) is 0 Å². The van der Waals surface area contributed by atoms with Crippen LogP contribution in [0.3, 0.4) is 0 Å². The van der Waals surface area contributed by atoms with E-state index >= 15 is 0 Å². The van der Waals surface area contributed by atoms with Gasteiger partial charge in [0.15, 0.2) is 0 Å². The number of aliphatic hydroxyl groups excluding tert-OH is 3. The van der Waals surface area contributed by atoms with Gasteiger partial charge in [-0.05, 0) is 30.2 Å². The first-order chi connectivity index (χ1) is 8.13. The topological polar surface area (TPSA) is 87.0 Å². The largest absolute Gasteiger partial charge is 0.497 e. The van der Waals surface area contributed by atoms with Gasteiger partial charge in [0, 0.05) is 12.2 Å². The lowest BCUT2D eigenvalue weighted by Crippen LogP contribution is -2.20. The molecule has 0 amide bonds. The number of ether oxygens (including phenoxy) is 1. The van der Waals surface area contributed by atoms with Gasteiger partial charge in [0.1, 0.15) is 18.1 Å². The lowest BCUT2D eigenvalue weighted by atomic mass is 9.97. The summed E-state index contributed by atoms with van der Waals surface area (Å²) in [4.78, 5) is 10.8. The van der Waals surface area contributed by atoms with Crippen molar-refractivity contribution in [2.75, 3.05) is 13.7 Å². The highest BCUT2D eigenvalue weighted by atomic mass is 16.5. The molecule has 0 heterocycles. The molecule has 0 aliphatic rings. The minimum atomic E-state index is -1.22. The van der Waals surface area contributed by atoms with Gasteiger partial charge in [0.25, 0.3) is 0 Å². The average molecular weight is 240 g/mol. The highest BCUT2D eigenvalue weighted by Gasteiger charge is 2.21. The lowest BCUT2D eigenvalue weighted by molar-refractivity contribution is 0.00387. The molecule has 5 heteroatoms. The van der Waals surface area contributed by atoms with Gasteiger partial charge in [0.05, 0.1) is 13.2 Å². The molecule has 0 aromatic heterocycles. The second kappa shape index (κ2) is 6.34. The van der Waals surface area contributed by atoms with E-state index in [0.717, 1.165) is 0 Å². The van der Waals surface area contributed by atoms with Gasteiger partial charge in [-0.2, -0.15) is 0 Å². The molecule has 5 nitrogen and oxygen atoms in total. The monoisotopic (exact) mass is 240 g/mol. The average Bonchev–Trinajstić information content (AvgIpc) is 2.37. The predicted molar refractivity (Wildman–Crippen MR) is 61.1 cm³/mol. The van der Waals surface area contributed by atoms with Crippen molar-refractivity contribution >= 4 is 6.29 Å². The molecule has 1 aromatic carbocycles. The Morgan fingerprint density at radius 3 is 2.65 bits per heavy atom. The normalized spacial score (nSPS) is 14.1. The molecule has 0 fully saturated rings. The highest BCUT2D eigenvalue weighted by Crippen LogP contribution is 2.26. The summed E-state index contributed by atoms with van der Waals surface area (Å²) in [7, 11) is 1.47. The Labute approximate surface area is 99.3 Å². The standard InChI is InChI=1S/C12H16O5/c1-17-9-3-2-8(7-14)10(6-9)12(16)11(15)4-5-13/h2-3,6-7,11-13,15-16H,4-5H2,1H3. The second-order valence-corrected chi connectivity index (χ2v) is 3.64. The van der Waals surface area contributed by atoms with Crippen molar-refractivity contribution in [2.45, 2.75) is 18.6 Å². The highest BCUT2D eigenvalue weighted by molar-refractivity contribution is 5.78. The van der Waals surface area contributed by atoms with Crippen LogP contribution in [0.15, 0.2) is 18.2 Å². The van der Waals surface area contributed by atoms with Crippen molar-refractivity contribution in [1.29, 1.82) is 0 Å². The van der Waals surface area contributed by atoms with Gasteiger partial charge < -0.3 is 20.1 Å². The zero-order chi connectivity index (χ0) is 12.8. The third-order valence-corrected chi connectivity index (χ3v) is 2.53. The molecule has 3 N–H and O–H groups in total. The quantitative estimate of drug-likeness (QED) is 0.622. The fourth-order valence-electron chi connectivity index (χ4n) is 1.54. The van der Waals surface area contributed by atoms with Crippen LogP contribution >= 0.6 is 0 Å². The molecule has 0 radical (unpaired) electrons. The van der Waals surface area contributed by atoms with Crippen molar-refractivity contribution in [3.05, 3.63) is 29.3 Å². The van der Waals surface area contributed by atoms with Crippen LogP contribution < -0.4 is 4.74 Å². The van der Waals surface area contributed by atoms with Crippen LogP contribution in [0.4, 0.5) is 0 Å². The smallest absolute Gasteiger partial charge is 0.150 e. The molecule has 2 unspecified atom stereocenters. The first kappa shape index (κ1) is 13.6. The van der Waals surface area contributed by atoms with E-state index in [0.29, 0.717) is 17.6 Å². The third-order valence-electron chi connectivity index (χ3n) is 2.53. The molecule has 0 aliphatic heterocycles. The first-order valence-electron chi connectivity index (χ1n) is 5.24. The second-order valence-electron chi connectivity index (χ2n) is 3.64. The molecule has 17 heavy (non-hydrogen) atoms. The molecule has 0 saturated carbocycles. The molecule has 1 aromatic rings. The summed E-state index contributed by atoms with van der Waals surface area (Å²) in [5.74, 6) is 0.487. The van der Waals surface area contributed by atoms with Crippen LogP contribution in [0.2, 0.25) is 0 Å². The van der Waals surface area contributed by atoms with Crippen molar-refractivity contribution in [3.8, 4) is 5.75 Å². The zero-order valence-electron chi connectivity index (χ0n) is 9.54. The van der Waals surface area contributed by atoms with Crippen molar-refractivity contribution in [3.63, 3.8) is 0 Å². The minimum absolute atomic E-state index is 0.0384. The summed E-state index contributed by atoms with van der Waals surface area (Å²) in [5, 5.41) is 28.2. The van der Waals surface area contributed by atoms with E-state index in [2.05, 4.69) is 0 Å². The van der Waals surface area contributed by atoms with Gasteiger partial charge in [-0.15, -0.1) is 0 Å². The van der Waals surface area contributed by atoms with Crippen molar-refractivity contribution in [2.24, 2.45) is 0 Å². The maximum Gasteiger partial charge on any atom is 0.150 e. The number of hydrogen-bond donors (Lipinski definition) is 3. The first-order valence-corrected chi connectivity index (χ1v) is 5.24. The molecule has 1 rings (SSSR count). The third kappa shape index (κ3) is 3.26. The SMILES string of the molecule is COc1ccc(C=O)c(C(O)C(O)CCO)c1. The number of methoxy groups -OCH3 is 1. The van der Waals surface area contributed by atoms with E-state index in [4.69, 9.17) is 9.84 Å². The summed E-state index contributed by atoms with van der Waals surface area (Å²) in [6.07, 6.45) is -1.70. The summed E-state index contributed by atoms with van der Waals surface area (Å²) in [6.45, 7) is -0.237. The number of benzene rings is 1. The maximum atomic E-state index is 10.8. The van der Waals surface area contributed by atoms with Crippen molar-refractivity contribution < 1.29 is 24.9 Å². The molecule has 0 saturated heterocycles. The molecule has 94 valence electrons. The van der Waals surface area contributed by atoms with Crippen LogP contribution in [0.25, 0.3) is 0 Å². The van der Waals surface area contributed by atoms with Crippen molar-refractivity contribution in [1.82, 2.24) is 0 Å². The summed E-state index contributed by atoms with van der Waals surface area (Å²) >= 11 is 0. The minimum Gasteiger partial charge on any atom is -0.497 e.